The summed E-state index contributed by atoms with van der Waals surface area (Å²) in [6.45, 7) is 2.71. The van der Waals surface area contributed by atoms with E-state index in [-0.39, 0.29) is 5.78 Å². The number of carbonyl (C=O) groups excluding carboxylic acids is 1. The van der Waals surface area contributed by atoms with Crippen LogP contribution in [0.2, 0.25) is 0 Å². The first-order chi connectivity index (χ1) is 11.4. The van der Waals surface area contributed by atoms with Gasteiger partial charge in [-0.05, 0) is 48.6 Å². The molecule has 1 saturated heterocycles. The van der Waals surface area contributed by atoms with Crippen molar-refractivity contribution in [2.24, 2.45) is 0 Å². The Bertz CT molecular complexity index is 731. The third-order valence-corrected chi connectivity index (χ3v) is 6.28. The molecule has 0 spiro atoms. The first kappa shape index (κ1) is 17.2. The van der Waals surface area contributed by atoms with Gasteiger partial charge >= 0.3 is 0 Å². The second-order valence-corrected chi connectivity index (χ2v) is 8.50. The molecule has 1 aliphatic heterocycles. The van der Waals surface area contributed by atoms with Gasteiger partial charge in [0.2, 0.25) is 0 Å². The van der Waals surface area contributed by atoms with Crippen LogP contribution in [-0.4, -0.2) is 31.5 Å². The molecule has 1 heterocycles. The minimum atomic E-state index is -2.64. The number of hydrogen-bond donors (Lipinski definition) is 2. The Morgan fingerprint density at radius 2 is 1.79 bits per heavy atom. The Hall–Kier alpha value is -1.66. The molecule has 0 aromatic heterocycles. The topological polar surface area (TPSA) is 60.8 Å². The van der Waals surface area contributed by atoms with E-state index in [1.807, 2.05) is 30.3 Å². The van der Waals surface area contributed by atoms with E-state index in [0.717, 1.165) is 24.0 Å². The minimum absolute atomic E-state index is 0.0270. The summed E-state index contributed by atoms with van der Waals surface area (Å²) < 4.78 is 21.9. The lowest BCUT2D eigenvalue weighted by Gasteiger charge is -2.36. The molecule has 2 aromatic rings. The highest BCUT2D eigenvalue weighted by Gasteiger charge is 2.28. The summed E-state index contributed by atoms with van der Waals surface area (Å²) in [5.41, 5.74) is 3.89. The Kier molecular flexibility index (Phi) is 5.06. The van der Waals surface area contributed by atoms with Crippen molar-refractivity contribution >= 4 is 16.6 Å². The minimum Gasteiger partial charge on any atom is -0.295 e. The number of Topliss-reactive ketones (excluding diaryl/α,β-unsaturated/α-hetero) is 1. The summed E-state index contributed by atoms with van der Waals surface area (Å²) in [7, 11) is -2.64. The van der Waals surface area contributed by atoms with Crippen LogP contribution in [0.25, 0.3) is 0 Å². The molecule has 0 unspecified atom stereocenters. The van der Waals surface area contributed by atoms with Gasteiger partial charge in [0.15, 0.2) is 5.78 Å². The number of benzene rings is 2. The van der Waals surface area contributed by atoms with E-state index < -0.39 is 10.8 Å². The van der Waals surface area contributed by atoms with Gasteiger partial charge in [0.05, 0.1) is 5.75 Å². The number of ketones is 1. The Morgan fingerprint density at radius 3 is 2.42 bits per heavy atom. The first-order valence-corrected chi connectivity index (χ1v) is 9.80. The van der Waals surface area contributed by atoms with Crippen molar-refractivity contribution in [2.45, 2.75) is 26.3 Å². The zero-order valence-corrected chi connectivity index (χ0v) is 14.6. The highest BCUT2D eigenvalue weighted by molar-refractivity contribution is 8.22. The molecule has 0 amide bonds. The molecule has 0 atom stereocenters. The molecule has 1 fully saturated rings. The van der Waals surface area contributed by atoms with Gasteiger partial charge in [-0.15, -0.1) is 10.8 Å². The van der Waals surface area contributed by atoms with Crippen LogP contribution in [0.5, 0.6) is 0 Å². The van der Waals surface area contributed by atoms with Crippen LogP contribution in [-0.2, 0) is 13.0 Å². The third kappa shape index (κ3) is 4.05. The SMILES string of the molecule is CC(=O)c1cc(Cc2ccccc2)cc(CN2CCCS2(O)O)c1. The maximum atomic E-state index is 11.9. The van der Waals surface area contributed by atoms with Gasteiger partial charge in [-0.3, -0.25) is 13.9 Å². The molecule has 4 nitrogen and oxygen atoms in total. The Labute approximate surface area is 144 Å². The second kappa shape index (κ2) is 7.07. The second-order valence-electron chi connectivity index (χ2n) is 6.31. The summed E-state index contributed by atoms with van der Waals surface area (Å²) in [5, 5.41) is 0. The van der Waals surface area contributed by atoms with Crippen molar-refractivity contribution in [2.75, 3.05) is 12.3 Å². The molecule has 1 aliphatic rings. The maximum Gasteiger partial charge on any atom is 0.159 e. The van der Waals surface area contributed by atoms with Crippen molar-refractivity contribution < 1.29 is 13.9 Å². The van der Waals surface area contributed by atoms with Gasteiger partial charge in [-0.2, -0.15) is 0 Å². The lowest BCUT2D eigenvalue weighted by atomic mass is 9.98. The van der Waals surface area contributed by atoms with Crippen molar-refractivity contribution in [3.63, 3.8) is 0 Å². The fourth-order valence-corrected chi connectivity index (χ4v) is 4.64. The molecule has 3 rings (SSSR count). The monoisotopic (exact) mass is 345 g/mol. The lowest BCUT2D eigenvalue weighted by Crippen LogP contribution is -2.22. The van der Waals surface area contributed by atoms with Gasteiger partial charge in [0.25, 0.3) is 0 Å². The molecule has 0 saturated carbocycles. The average Bonchev–Trinajstić information content (AvgIpc) is 2.86. The van der Waals surface area contributed by atoms with E-state index in [4.69, 9.17) is 0 Å². The Balaban J connectivity index is 1.87. The maximum absolute atomic E-state index is 11.9. The summed E-state index contributed by atoms with van der Waals surface area (Å²) >= 11 is 0. The van der Waals surface area contributed by atoms with Crippen molar-refractivity contribution in [1.82, 2.24) is 4.31 Å². The van der Waals surface area contributed by atoms with E-state index in [0.29, 0.717) is 24.4 Å². The number of carbonyl (C=O) groups is 1. The first-order valence-electron chi connectivity index (χ1n) is 8.13. The van der Waals surface area contributed by atoms with Crippen LogP contribution in [0, 0.1) is 0 Å². The number of nitrogens with zero attached hydrogens (tertiary/aromatic N) is 1. The molecular weight excluding hydrogens is 322 g/mol. The quantitative estimate of drug-likeness (QED) is 0.791. The molecule has 0 radical (unpaired) electrons. The zero-order chi connectivity index (χ0) is 17.2. The summed E-state index contributed by atoms with van der Waals surface area (Å²) in [6.07, 6.45) is 1.55. The largest absolute Gasteiger partial charge is 0.295 e. The van der Waals surface area contributed by atoms with Crippen LogP contribution in [0.1, 0.15) is 40.4 Å². The van der Waals surface area contributed by atoms with Crippen LogP contribution in [0.4, 0.5) is 0 Å². The van der Waals surface area contributed by atoms with Crippen molar-refractivity contribution in [1.29, 1.82) is 0 Å². The van der Waals surface area contributed by atoms with Gasteiger partial charge < -0.3 is 0 Å². The predicted molar refractivity (Wildman–Crippen MR) is 98.4 cm³/mol. The van der Waals surface area contributed by atoms with Gasteiger partial charge in [0.1, 0.15) is 0 Å². The number of hydrogen-bond acceptors (Lipinski definition) is 4. The molecule has 128 valence electrons. The fourth-order valence-electron chi connectivity index (χ4n) is 3.09. The highest BCUT2D eigenvalue weighted by atomic mass is 32.3. The smallest absolute Gasteiger partial charge is 0.159 e. The molecule has 24 heavy (non-hydrogen) atoms. The van der Waals surface area contributed by atoms with E-state index in [1.165, 1.54) is 5.56 Å². The molecule has 2 N–H and O–H groups in total. The normalized spacial score (nSPS) is 18.5. The van der Waals surface area contributed by atoms with Gasteiger partial charge in [-0.1, -0.05) is 36.4 Å². The molecule has 5 heteroatoms. The standard InChI is InChI=1S/C19H23NO3S/c1-15(21)19-12-17(10-16-6-3-2-4-7-16)11-18(13-19)14-20-8-5-9-24(20,22)23/h2-4,6-7,11-13,22-23H,5,8-10,14H2,1H3. The zero-order valence-electron chi connectivity index (χ0n) is 13.8. The van der Waals surface area contributed by atoms with E-state index in [1.54, 1.807) is 11.2 Å². The van der Waals surface area contributed by atoms with E-state index in [2.05, 4.69) is 18.2 Å². The van der Waals surface area contributed by atoms with E-state index >= 15 is 0 Å². The summed E-state index contributed by atoms with van der Waals surface area (Å²) in [6, 6.07) is 16.0. The van der Waals surface area contributed by atoms with Crippen LogP contribution < -0.4 is 0 Å². The van der Waals surface area contributed by atoms with Crippen LogP contribution in [0.15, 0.2) is 48.5 Å². The number of rotatable bonds is 5. The highest BCUT2D eigenvalue weighted by Crippen LogP contribution is 2.49. The summed E-state index contributed by atoms with van der Waals surface area (Å²) in [5.74, 6) is 0.468. The van der Waals surface area contributed by atoms with Crippen molar-refractivity contribution in [3.8, 4) is 0 Å². The molecule has 2 aromatic carbocycles. The van der Waals surface area contributed by atoms with Gasteiger partial charge in [-0.25, -0.2) is 4.31 Å². The molecular formula is C19H23NO3S. The molecule has 0 aliphatic carbocycles. The fraction of sp³-hybridized carbons (Fsp3) is 0.316. The van der Waals surface area contributed by atoms with Crippen LogP contribution >= 0.6 is 10.8 Å². The Morgan fingerprint density at radius 1 is 1.08 bits per heavy atom. The van der Waals surface area contributed by atoms with Crippen LogP contribution in [0.3, 0.4) is 0 Å². The molecule has 0 bridgehead atoms. The van der Waals surface area contributed by atoms with Gasteiger partial charge in [0, 0.05) is 18.7 Å². The van der Waals surface area contributed by atoms with Crippen molar-refractivity contribution in [3.05, 3.63) is 70.8 Å². The average molecular weight is 345 g/mol. The lowest BCUT2D eigenvalue weighted by molar-refractivity contribution is 0.101. The van der Waals surface area contributed by atoms with E-state index in [9.17, 15) is 13.9 Å². The summed E-state index contributed by atoms with van der Waals surface area (Å²) in [4.78, 5) is 11.9. The predicted octanol–water partition coefficient (Wildman–Crippen LogP) is 4.35. The third-order valence-electron chi connectivity index (χ3n) is 4.31.